The molecule has 0 radical (unpaired) electrons. The summed E-state index contributed by atoms with van der Waals surface area (Å²) in [6.45, 7) is 3.40. The van der Waals surface area contributed by atoms with Gasteiger partial charge in [-0.05, 0) is 38.0 Å². The summed E-state index contributed by atoms with van der Waals surface area (Å²) >= 11 is -0.702. The van der Waals surface area contributed by atoms with Gasteiger partial charge in [-0.15, -0.1) is 0 Å². The normalized spacial score (nSPS) is 13.4. The average molecular weight is 318 g/mol. The molecular formula is C12H12F6OS. The molecule has 0 aliphatic rings. The Balaban J connectivity index is 3.00. The van der Waals surface area contributed by atoms with Gasteiger partial charge in [0.15, 0.2) is 12.0 Å². The maximum Gasteiger partial charge on any atom is 0.479 e. The van der Waals surface area contributed by atoms with Crippen molar-refractivity contribution < 1.29 is 30.5 Å². The standard InChI is InChI=1S/C12H12F6OS/c1-7-6-8(10(2,3)11(13,14)15)4-5-9(7)19-20-12(16,17)18/h4-6H,1-3H3. The number of alkyl halides is 6. The van der Waals surface area contributed by atoms with Crippen molar-refractivity contribution in [2.75, 3.05) is 0 Å². The minimum Gasteiger partial charge on any atom is -0.417 e. The SMILES string of the molecule is Cc1cc(C(C)(C)C(F)(F)F)ccc1OSC(F)(F)F. The van der Waals surface area contributed by atoms with Crippen LogP contribution in [-0.2, 0) is 5.41 Å². The number of hydrogen-bond acceptors (Lipinski definition) is 2. The fourth-order valence-corrected chi connectivity index (χ4v) is 1.76. The van der Waals surface area contributed by atoms with Gasteiger partial charge < -0.3 is 4.18 Å². The minimum atomic E-state index is -4.57. The van der Waals surface area contributed by atoms with E-state index in [0.29, 0.717) is 0 Å². The Morgan fingerprint density at radius 3 is 1.95 bits per heavy atom. The molecule has 0 saturated heterocycles. The van der Waals surface area contributed by atoms with Gasteiger partial charge in [-0.25, -0.2) is 0 Å². The highest BCUT2D eigenvalue weighted by Crippen LogP contribution is 2.42. The first-order chi connectivity index (χ1) is 8.84. The first-order valence-electron chi connectivity index (χ1n) is 5.45. The van der Waals surface area contributed by atoms with Crippen molar-refractivity contribution in [2.45, 2.75) is 37.9 Å². The molecule has 1 aromatic carbocycles. The second-order valence-electron chi connectivity index (χ2n) is 4.72. The molecule has 0 aliphatic heterocycles. The van der Waals surface area contributed by atoms with Crippen LogP contribution in [0.1, 0.15) is 25.0 Å². The van der Waals surface area contributed by atoms with Crippen molar-refractivity contribution in [1.29, 1.82) is 0 Å². The summed E-state index contributed by atoms with van der Waals surface area (Å²) in [5.41, 5.74) is -6.49. The van der Waals surface area contributed by atoms with E-state index in [4.69, 9.17) is 0 Å². The minimum absolute atomic E-state index is 0.0353. The monoisotopic (exact) mass is 318 g/mol. The third-order valence-electron chi connectivity index (χ3n) is 2.83. The quantitative estimate of drug-likeness (QED) is 0.546. The lowest BCUT2D eigenvalue weighted by molar-refractivity contribution is -0.180. The molecule has 0 aromatic heterocycles. The Hall–Kier alpha value is -1.05. The van der Waals surface area contributed by atoms with E-state index >= 15 is 0 Å². The van der Waals surface area contributed by atoms with Crippen molar-refractivity contribution in [3.63, 3.8) is 0 Å². The zero-order valence-electron chi connectivity index (χ0n) is 10.8. The lowest BCUT2D eigenvalue weighted by Crippen LogP contribution is -2.36. The van der Waals surface area contributed by atoms with Gasteiger partial charge in [0.05, 0.1) is 5.41 Å². The number of halogens is 6. The van der Waals surface area contributed by atoms with Crippen LogP contribution in [0.25, 0.3) is 0 Å². The van der Waals surface area contributed by atoms with Crippen molar-refractivity contribution >= 4 is 12.0 Å². The van der Waals surface area contributed by atoms with Crippen molar-refractivity contribution in [1.82, 2.24) is 0 Å². The molecule has 0 atom stereocenters. The van der Waals surface area contributed by atoms with Gasteiger partial charge in [-0.1, -0.05) is 12.1 Å². The van der Waals surface area contributed by atoms with Gasteiger partial charge in [0.1, 0.15) is 5.75 Å². The molecular weight excluding hydrogens is 306 g/mol. The topological polar surface area (TPSA) is 9.23 Å². The zero-order chi connectivity index (χ0) is 15.8. The van der Waals surface area contributed by atoms with Crippen LogP contribution in [0.2, 0.25) is 0 Å². The Morgan fingerprint density at radius 2 is 1.55 bits per heavy atom. The lowest BCUT2D eigenvalue weighted by Gasteiger charge is -2.28. The third kappa shape index (κ3) is 3.97. The van der Waals surface area contributed by atoms with Gasteiger partial charge in [0.25, 0.3) is 0 Å². The van der Waals surface area contributed by atoms with Crippen LogP contribution in [0, 0.1) is 6.92 Å². The Labute approximate surface area is 116 Å². The maximum atomic E-state index is 12.9. The van der Waals surface area contributed by atoms with Crippen LogP contribution in [0.5, 0.6) is 5.75 Å². The van der Waals surface area contributed by atoms with E-state index in [0.717, 1.165) is 26.0 Å². The van der Waals surface area contributed by atoms with Gasteiger partial charge in [0, 0.05) is 0 Å². The Morgan fingerprint density at radius 1 is 1.00 bits per heavy atom. The first kappa shape index (κ1) is 17.0. The number of benzene rings is 1. The van der Waals surface area contributed by atoms with Crippen LogP contribution < -0.4 is 4.18 Å². The summed E-state index contributed by atoms with van der Waals surface area (Å²) in [5, 5.41) is 0. The number of rotatable bonds is 3. The Kier molecular flexibility index (Phi) is 4.58. The molecule has 0 heterocycles. The lowest BCUT2D eigenvalue weighted by atomic mass is 9.83. The van der Waals surface area contributed by atoms with Crippen LogP contribution in [0.4, 0.5) is 26.3 Å². The molecule has 0 aliphatic carbocycles. The van der Waals surface area contributed by atoms with E-state index in [9.17, 15) is 26.3 Å². The highest BCUT2D eigenvalue weighted by atomic mass is 32.2. The van der Waals surface area contributed by atoms with Gasteiger partial charge in [0.2, 0.25) is 0 Å². The second-order valence-corrected chi connectivity index (χ2v) is 5.51. The van der Waals surface area contributed by atoms with Crippen LogP contribution in [0.3, 0.4) is 0 Å². The molecule has 0 unspecified atom stereocenters. The second kappa shape index (κ2) is 5.38. The average Bonchev–Trinajstić information content (AvgIpc) is 2.24. The summed E-state index contributed by atoms with van der Waals surface area (Å²) in [6.07, 6.45) is -4.46. The van der Waals surface area contributed by atoms with Crippen molar-refractivity contribution in [2.24, 2.45) is 0 Å². The molecule has 0 amide bonds. The molecule has 8 heteroatoms. The van der Waals surface area contributed by atoms with E-state index in [-0.39, 0.29) is 16.9 Å². The maximum absolute atomic E-state index is 12.9. The molecule has 0 bridgehead atoms. The molecule has 1 nitrogen and oxygen atoms in total. The van der Waals surface area contributed by atoms with Gasteiger partial charge >= 0.3 is 11.7 Å². The Bertz CT molecular complexity index is 478. The predicted octanol–water partition coefficient (Wildman–Crippen LogP) is 5.38. The highest BCUT2D eigenvalue weighted by Gasteiger charge is 2.48. The first-order valence-corrected chi connectivity index (χ1v) is 6.19. The van der Waals surface area contributed by atoms with Crippen LogP contribution >= 0.6 is 12.0 Å². The summed E-state index contributed by atoms with van der Waals surface area (Å²) in [4.78, 5) is 0. The molecule has 0 saturated carbocycles. The summed E-state index contributed by atoms with van der Waals surface area (Å²) in [7, 11) is 0. The molecule has 114 valence electrons. The summed E-state index contributed by atoms with van der Waals surface area (Å²) in [5.74, 6) is -0.117. The fourth-order valence-electron chi connectivity index (χ4n) is 1.39. The molecule has 1 rings (SSSR count). The predicted molar refractivity (Wildman–Crippen MR) is 64.5 cm³/mol. The molecule has 0 N–H and O–H groups in total. The van der Waals surface area contributed by atoms with Crippen LogP contribution in [-0.4, -0.2) is 11.7 Å². The zero-order valence-corrected chi connectivity index (χ0v) is 11.6. The van der Waals surface area contributed by atoms with E-state index in [1.54, 1.807) is 0 Å². The summed E-state index contributed by atoms with van der Waals surface area (Å²) in [6, 6.07) is 3.41. The number of aryl methyl sites for hydroxylation is 1. The van der Waals surface area contributed by atoms with Gasteiger partial charge in [-0.2, -0.15) is 26.3 Å². The van der Waals surface area contributed by atoms with Crippen molar-refractivity contribution in [3.8, 4) is 5.75 Å². The summed E-state index contributed by atoms with van der Waals surface area (Å²) < 4.78 is 79.0. The molecule has 20 heavy (non-hydrogen) atoms. The van der Waals surface area contributed by atoms with Crippen LogP contribution in [0.15, 0.2) is 18.2 Å². The van der Waals surface area contributed by atoms with E-state index < -0.39 is 29.1 Å². The third-order valence-corrected chi connectivity index (χ3v) is 3.28. The molecule has 0 spiro atoms. The number of hydrogen-bond donors (Lipinski definition) is 0. The van der Waals surface area contributed by atoms with E-state index in [1.807, 2.05) is 0 Å². The highest BCUT2D eigenvalue weighted by molar-refractivity contribution is 7.95. The van der Waals surface area contributed by atoms with E-state index in [1.165, 1.54) is 13.0 Å². The fraction of sp³-hybridized carbons (Fsp3) is 0.500. The van der Waals surface area contributed by atoms with Crippen molar-refractivity contribution in [3.05, 3.63) is 29.3 Å². The molecule has 0 fully saturated rings. The molecule has 1 aromatic rings. The van der Waals surface area contributed by atoms with E-state index in [2.05, 4.69) is 4.18 Å². The smallest absolute Gasteiger partial charge is 0.417 e. The van der Waals surface area contributed by atoms with Gasteiger partial charge in [-0.3, -0.25) is 0 Å². The largest absolute Gasteiger partial charge is 0.479 e.